The van der Waals surface area contributed by atoms with Gasteiger partial charge in [-0.3, -0.25) is 0 Å². The van der Waals surface area contributed by atoms with Crippen LogP contribution in [0.25, 0.3) is 0 Å². The van der Waals surface area contributed by atoms with Gasteiger partial charge >= 0.3 is 5.97 Å². The Hall–Kier alpha value is -1.36. The Morgan fingerprint density at radius 3 is 3.05 bits per heavy atom. The molecule has 0 aromatic carbocycles. The number of ether oxygens (including phenoxy) is 1. The van der Waals surface area contributed by atoms with Crippen LogP contribution in [-0.2, 0) is 22.4 Å². The molecule has 104 valence electrons. The lowest BCUT2D eigenvalue weighted by Crippen LogP contribution is -2.29. The molecule has 5 heteroatoms. The van der Waals surface area contributed by atoms with Crippen LogP contribution in [0.3, 0.4) is 0 Å². The van der Waals surface area contributed by atoms with Crippen molar-refractivity contribution in [3.63, 3.8) is 0 Å². The summed E-state index contributed by atoms with van der Waals surface area (Å²) in [6, 6.07) is -0.440. The molecule has 1 saturated heterocycles. The molecule has 2 unspecified atom stereocenters. The zero-order chi connectivity index (χ0) is 13.2. The number of imidazole rings is 1. The molecule has 1 N–H and O–H groups in total. The lowest BCUT2D eigenvalue weighted by atomic mass is 10.0. The summed E-state index contributed by atoms with van der Waals surface area (Å²) < 4.78 is 7.67. The van der Waals surface area contributed by atoms with Gasteiger partial charge in [0.2, 0.25) is 0 Å². The monoisotopic (exact) mass is 264 g/mol. The maximum absolute atomic E-state index is 11.4. The maximum Gasteiger partial charge on any atom is 0.326 e. The van der Waals surface area contributed by atoms with Crippen LogP contribution in [0.1, 0.15) is 49.7 Å². The van der Waals surface area contributed by atoms with Crippen LogP contribution >= 0.6 is 0 Å². The van der Waals surface area contributed by atoms with E-state index >= 15 is 0 Å². The lowest BCUT2D eigenvalue weighted by molar-refractivity contribution is -0.141. The van der Waals surface area contributed by atoms with Crippen LogP contribution < -0.4 is 0 Å². The number of hydrogen-bond acceptors (Lipinski definition) is 3. The van der Waals surface area contributed by atoms with Crippen LogP contribution in [0.15, 0.2) is 6.20 Å². The first-order chi connectivity index (χ1) is 9.25. The minimum absolute atomic E-state index is 0.205. The number of carboxylic acids is 1. The summed E-state index contributed by atoms with van der Waals surface area (Å²) in [5.74, 6) is 0.138. The van der Waals surface area contributed by atoms with Crippen molar-refractivity contribution in [1.82, 2.24) is 9.55 Å². The number of aryl methyl sites for hydroxylation is 1. The minimum Gasteiger partial charge on any atom is -0.480 e. The molecule has 3 heterocycles. The standard InChI is InChI=1S/C14H20N2O3/c17-14(18)12-6-3-4-10-9-15-13(16(10)12)8-11-5-1-2-7-19-11/h9,11-12H,1-8H2,(H,17,18). The molecule has 1 aromatic heterocycles. The van der Waals surface area contributed by atoms with Gasteiger partial charge < -0.3 is 14.4 Å². The fourth-order valence-corrected chi connectivity index (χ4v) is 3.17. The van der Waals surface area contributed by atoms with Crippen LogP contribution in [0.5, 0.6) is 0 Å². The van der Waals surface area contributed by atoms with E-state index in [-0.39, 0.29) is 6.10 Å². The molecule has 2 aliphatic rings. The zero-order valence-corrected chi connectivity index (χ0v) is 11.0. The van der Waals surface area contributed by atoms with E-state index in [0.717, 1.165) is 50.2 Å². The number of fused-ring (bicyclic) bond motifs is 1. The van der Waals surface area contributed by atoms with Crippen molar-refractivity contribution in [3.05, 3.63) is 17.7 Å². The van der Waals surface area contributed by atoms with Crippen molar-refractivity contribution in [2.45, 2.75) is 57.1 Å². The Balaban J connectivity index is 1.82. The third kappa shape index (κ3) is 2.52. The van der Waals surface area contributed by atoms with Crippen molar-refractivity contribution in [2.24, 2.45) is 0 Å². The summed E-state index contributed by atoms with van der Waals surface area (Å²) in [7, 11) is 0. The molecule has 1 aromatic rings. The molecule has 0 bridgehead atoms. The molecule has 0 saturated carbocycles. The third-order valence-electron chi connectivity index (χ3n) is 4.14. The molecule has 0 amide bonds. The van der Waals surface area contributed by atoms with E-state index in [9.17, 15) is 9.90 Å². The average Bonchev–Trinajstić information content (AvgIpc) is 2.83. The highest BCUT2D eigenvalue weighted by molar-refractivity contribution is 5.72. The SMILES string of the molecule is O=C(O)C1CCCc2cnc(CC3CCCCO3)n21. The number of carbonyl (C=O) groups is 1. The highest BCUT2D eigenvalue weighted by Gasteiger charge is 2.29. The number of carboxylic acid groups (broad SMARTS) is 1. The summed E-state index contributed by atoms with van der Waals surface area (Å²) in [5, 5.41) is 9.35. The van der Waals surface area contributed by atoms with Gasteiger partial charge in [-0.15, -0.1) is 0 Å². The van der Waals surface area contributed by atoms with Gasteiger partial charge in [0.05, 0.1) is 6.10 Å². The number of nitrogens with zero attached hydrogens (tertiary/aromatic N) is 2. The van der Waals surface area contributed by atoms with E-state index in [1.54, 1.807) is 0 Å². The van der Waals surface area contributed by atoms with E-state index in [2.05, 4.69) is 4.98 Å². The Kier molecular flexibility index (Phi) is 3.55. The number of aromatic nitrogens is 2. The van der Waals surface area contributed by atoms with Gasteiger partial charge in [0, 0.05) is 24.9 Å². The molecule has 0 spiro atoms. The largest absolute Gasteiger partial charge is 0.480 e. The molecule has 0 radical (unpaired) electrons. The van der Waals surface area contributed by atoms with Crippen LogP contribution in [0, 0.1) is 0 Å². The summed E-state index contributed by atoms with van der Waals surface area (Å²) >= 11 is 0. The Labute approximate surface area is 112 Å². The number of hydrogen-bond donors (Lipinski definition) is 1. The predicted octanol–water partition coefficient (Wildman–Crippen LogP) is 1.96. The second-order valence-corrected chi connectivity index (χ2v) is 5.47. The van der Waals surface area contributed by atoms with Crippen molar-refractivity contribution in [1.29, 1.82) is 0 Å². The van der Waals surface area contributed by atoms with Gasteiger partial charge in [0.1, 0.15) is 11.9 Å². The van der Waals surface area contributed by atoms with Crippen molar-refractivity contribution in [3.8, 4) is 0 Å². The highest BCUT2D eigenvalue weighted by Crippen LogP contribution is 2.28. The maximum atomic E-state index is 11.4. The Morgan fingerprint density at radius 1 is 1.42 bits per heavy atom. The Bertz CT molecular complexity index is 463. The van der Waals surface area contributed by atoms with Crippen LogP contribution in [-0.4, -0.2) is 33.3 Å². The Morgan fingerprint density at radius 2 is 2.32 bits per heavy atom. The van der Waals surface area contributed by atoms with E-state index in [0.29, 0.717) is 6.42 Å². The van der Waals surface area contributed by atoms with Crippen LogP contribution in [0.2, 0.25) is 0 Å². The van der Waals surface area contributed by atoms with Crippen molar-refractivity contribution >= 4 is 5.97 Å². The number of rotatable bonds is 3. The molecular weight excluding hydrogens is 244 g/mol. The van der Waals surface area contributed by atoms with E-state index in [1.165, 1.54) is 6.42 Å². The van der Waals surface area contributed by atoms with Crippen molar-refractivity contribution in [2.75, 3.05) is 6.61 Å². The smallest absolute Gasteiger partial charge is 0.326 e. The van der Waals surface area contributed by atoms with Gasteiger partial charge in [-0.25, -0.2) is 9.78 Å². The van der Waals surface area contributed by atoms with Gasteiger partial charge in [-0.2, -0.15) is 0 Å². The van der Waals surface area contributed by atoms with Crippen LogP contribution in [0.4, 0.5) is 0 Å². The van der Waals surface area contributed by atoms with Gasteiger partial charge in [0.25, 0.3) is 0 Å². The second-order valence-electron chi connectivity index (χ2n) is 5.47. The normalized spacial score (nSPS) is 26.9. The molecule has 2 aliphatic heterocycles. The van der Waals surface area contributed by atoms with E-state index in [4.69, 9.17) is 4.74 Å². The molecule has 5 nitrogen and oxygen atoms in total. The molecule has 0 aliphatic carbocycles. The quantitative estimate of drug-likeness (QED) is 0.906. The molecule has 19 heavy (non-hydrogen) atoms. The summed E-state index contributed by atoms with van der Waals surface area (Å²) in [6.45, 7) is 0.820. The third-order valence-corrected chi connectivity index (χ3v) is 4.14. The first-order valence-corrected chi connectivity index (χ1v) is 7.15. The zero-order valence-electron chi connectivity index (χ0n) is 11.0. The number of aliphatic carboxylic acids is 1. The molecular formula is C14H20N2O3. The predicted molar refractivity (Wildman–Crippen MR) is 69.1 cm³/mol. The van der Waals surface area contributed by atoms with Gasteiger partial charge in [-0.05, 0) is 38.5 Å². The molecule has 1 fully saturated rings. The average molecular weight is 264 g/mol. The molecule has 3 rings (SSSR count). The van der Waals surface area contributed by atoms with Gasteiger partial charge in [-0.1, -0.05) is 0 Å². The van der Waals surface area contributed by atoms with Gasteiger partial charge in [0.15, 0.2) is 0 Å². The van der Waals surface area contributed by atoms with E-state index in [1.807, 2.05) is 10.8 Å². The summed E-state index contributed by atoms with van der Waals surface area (Å²) in [6.07, 6.45) is 8.74. The fourth-order valence-electron chi connectivity index (χ4n) is 3.17. The fraction of sp³-hybridized carbons (Fsp3) is 0.714. The van der Waals surface area contributed by atoms with Crippen molar-refractivity contribution < 1.29 is 14.6 Å². The van der Waals surface area contributed by atoms with E-state index < -0.39 is 12.0 Å². The highest BCUT2D eigenvalue weighted by atomic mass is 16.5. The topological polar surface area (TPSA) is 64.3 Å². The molecule has 2 atom stereocenters. The summed E-state index contributed by atoms with van der Waals surface area (Å²) in [4.78, 5) is 15.8. The first-order valence-electron chi connectivity index (χ1n) is 7.15. The minimum atomic E-state index is -0.746. The lowest BCUT2D eigenvalue weighted by Gasteiger charge is -2.26. The summed E-state index contributed by atoms with van der Waals surface area (Å²) in [5.41, 5.74) is 1.06. The second kappa shape index (κ2) is 5.33. The first kappa shape index (κ1) is 12.7.